The van der Waals surface area contributed by atoms with Gasteiger partial charge in [-0.05, 0) is 18.2 Å². The van der Waals surface area contributed by atoms with Gasteiger partial charge in [-0.1, -0.05) is 0 Å². The molecule has 2 aliphatic rings. The smallest absolute Gasteiger partial charge is 0.229 e. The summed E-state index contributed by atoms with van der Waals surface area (Å²) >= 11 is 0. The summed E-state index contributed by atoms with van der Waals surface area (Å²) in [6.45, 7) is -0.836. The molecule has 9 atom stereocenters. The molecule has 41 heavy (non-hydrogen) atoms. The summed E-state index contributed by atoms with van der Waals surface area (Å²) in [5.41, 5.74) is -0.539. The fraction of sp³-hybridized carbons (Fsp3) is 0.423. The number of hydrogen-bond donors (Lipinski definition) is 9. The number of rotatable bonds is 6. The molecule has 0 amide bonds. The zero-order valence-corrected chi connectivity index (χ0v) is 21.0. The van der Waals surface area contributed by atoms with E-state index >= 15 is 0 Å². The minimum Gasteiger partial charge on any atom is -0.507 e. The summed E-state index contributed by atoms with van der Waals surface area (Å²) in [5.74, 6) is -1.55. The van der Waals surface area contributed by atoms with Gasteiger partial charge in [0.25, 0.3) is 0 Å². The van der Waals surface area contributed by atoms with Crippen LogP contribution in [0.1, 0.15) is 0 Å². The van der Waals surface area contributed by atoms with Crippen molar-refractivity contribution >= 4 is 11.0 Å². The Morgan fingerprint density at radius 2 is 1.51 bits per heavy atom. The van der Waals surface area contributed by atoms with Gasteiger partial charge in [0, 0.05) is 23.8 Å². The second kappa shape index (κ2) is 11.4. The number of phenols is 3. The van der Waals surface area contributed by atoms with Crippen LogP contribution in [0.3, 0.4) is 0 Å². The van der Waals surface area contributed by atoms with Crippen LogP contribution in [-0.4, -0.2) is 114 Å². The Bertz CT molecular complexity index is 1460. The van der Waals surface area contributed by atoms with Crippen LogP contribution in [0.15, 0.2) is 45.6 Å². The highest BCUT2D eigenvalue weighted by Crippen LogP contribution is 2.35. The molecule has 2 aliphatic heterocycles. The van der Waals surface area contributed by atoms with Crippen molar-refractivity contribution in [2.45, 2.75) is 55.3 Å². The number of phenolic OH excluding ortho intramolecular Hbond substituents is 3. The quantitative estimate of drug-likeness (QED) is 0.146. The number of fused-ring (bicyclic) bond motifs is 1. The lowest BCUT2D eigenvalue weighted by Gasteiger charge is -2.41. The van der Waals surface area contributed by atoms with E-state index in [0.717, 1.165) is 12.1 Å². The molecule has 222 valence electrons. The zero-order valence-electron chi connectivity index (χ0n) is 21.0. The highest BCUT2D eigenvalue weighted by atomic mass is 16.7. The van der Waals surface area contributed by atoms with E-state index in [9.17, 15) is 50.8 Å². The molecule has 15 heteroatoms. The molecule has 1 aromatic heterocycles. The van der Waals surface area contributed by atoms with Gasteiger partial charge in [0.15, 0.2) is 23.2 Å². The minimum absolute atomic E-state index is 0.0104. The Morgan fingerprint density at radius 1 is 0.780 bits per heavy atom. The lowest BCUT2D eigenvalue weighted by Crippen LogP contribution is -2.61. The van der Waals surface area contributed by atoms with Crippen LogP contribution in [0.4, 0.5) is 0 Å². The molecule has 0 saturated carbocycles. The molecule has 3 heterocycles. The number of benzene rings is 2. The summed E-state index contributed by atoms with van der Waals surface area (Å²) in [5, 5.41) is 90.3. The van der Waals surface area contributed by atoms with Gasteiger partial charge in [-0.2, -0.15) is 0 Å². The molecule has 0 spiro atoms. The average molecular weight is 580 g/mol. The lowest BCUT2D eigenvalue weighted by atomic mass is 9.99. The van der Waals surface area contributed by atoms with E-state index in [2.05, 4.69) is 0 Å². The normalized spacial score (nSPS) is 32.2. The van der Waals surface area contributed by atoms with Crippen molar-refractivity contribution in [2.24, 2.45) is 0 Å². The summed E-state index contributed by atoms with van der Waals surface area (Å²) in [6.07, 6.45) is -14.1. The number of aliphatic hydroxyl groups is 6. The zero-order chi connectivity index (χ0) is 29.6. The van der Waals surface area contributed by atoms with E-state index in [0.29, 0.717) is 0 Å². The summed E-state index contributed by atoms with van der Waals surface area (Å²) in [4.78, 5) is 12.7. The van der Waals surface area contributed by atoms with E-state index in [1.807, 2.05) is 0 Å². The van der Waals surface area contributed by atoms with Crippen LogP contribution in [-0.2, 0) is 14.2 Å². The van der Waals surface area contributed by atoms with Gasteiger partial charge in [-0.15, -0.1) is 0 Å². The van der Waals surface area contributed by atoms with Crippen LogP contribution >= 0.6 is 0 Å². The highest BCUT2D eigenvalue weighted by molar-refractivity contribution is 5.86. The molecular weight excluding hydrogens is 552 g/mol. The van der Waals surface area contributed by atoms with E-state index < -0.39 is 78.8 Å². The van der Waals surface area contributed by atoms with Gasteiger partial charge in [0.1, 0.15) is 71.0 Å². The highest BCUT2D eigenvalue weighted by Gasteiger charge is 2.46. The number of aromatic hydroxyl groups is 3. The van der Waals surface area contributed by atoms with Crippen molar-refractivity contribution < 1.29 is 69.3 Å². The van der Waals surface area contributed by atoms with Crippen molar-refractivity contribution in [3.8, 4) is 34.3 Å². The maximum Gasteiger partial charge on any atom is 0.229 e. The first-order valence-corrected chi connectivity index (χ1v) is 12.4. The first-order chi connectivity index (χ1) is 19.4. The topological polar surface area (TPSA) is 249 Å². The van der Waals surface area contributed by atoms with E-state index in [-0.39, 0.29) is 40.4 Å². The average Bonchev–Trinajstić information content (AvgIpc) is 2.93. The third-order valence-electron chi connectivity index (χ3n) is 6.84. The molecular formula is C26H28O15. The standard InChI is InChI=1S/C26H28O15/c27-11-2-1-9(3-12(11)28)16-6-14(30)19-13(29)4-10(5-17(19)40-16)39-26-24(36)22(34)21(33)18(41-26)8-38-25-23(35)20(32)15(31)7-37-25/h1-6,15,18,20-29,31-36H,7-8H2/t15-,18-,20-,21-,22+,23-,24-,25+,26+/m1/s1. The van der Waals surface area contributed by atoms with Gasteiger partial charge >= 0.3 is 0 Å². The van der Waals surface area contributed by atoms with Crippen LogP contribution < -0.4 is 10.2 Å². The van der Waals surface area contributed by atoms with Gasteiger partial charge < -0.3 is 69.3 Å². The Kier molecular flexibility index (Phi) is 8.06. The lowest BCUT2D eigenvalue weighted by molar-refractivity contribution is -0.307. The molecule has 15 nitrogen and oxygen atoms in total. The molecule has 2 fully saturated rings. The fourth-order valence-electron chi connectivity index (χ4n) is 4.53. The third kappa shape index (κ3) is 5.67. The molecule has 2 saturated heterocycles. The molecule has 0 aliphatic carbocycles. The maximum atomic E-state index is 12.7. The molecule has 2 aromatic carbocycles. The fourth-order valence-corrected chi connectivity index (χ4v) is 4.53. The number of hydrogen-bond acceptors (Lipinski definition) is 15. The Balaban J connectivity index is 1.36. The van der Waals surface area contributed by atoms with Crippen LogP contribution in [0.2, 0.25) is 0 Å². The Hall–Kier alpha value is -3.51. The van der Waals surface area contributed by atoms with Gasteiger partial charge in [-0.25, -0.2) is 0 Å². The second-order valence-corrected chi connectivity index (χ2v) is 9.71. The van der Waals surface area contributed by atoms with Gasteiger partial charge in [0.05, 0.1) is 13.2 Å². The van der Waals surface area contributed by atoms with E-state index in [1.54, 1.807) is 0 Å². The second-order valence-electron chi connectivity index (χ2n) is 9.71. The van der Waals surface area contributed by atoms with E-state index in [1.165, 1.54) is 24.3 Å². The molecule has 3 aromatic rings. The van der Waals surface area contributed by atoms with Crippen molar-refractivity contribution in [1.82, 2.24) is 0 Å². The van der Waals surface area contributed by atoms with Crippen molar-refractivity contribution in [1.29, 1.82) is 0 Å². The first kappa shape index (κ1) is 29.0. The predicted octanol–water partition coefficient (Wildman–Crippen LogP) is -1.78. The minimum atomic E-state index is -1.79. The summed E-state index contributed by atoms with van der Waals surface area (Å²) in [6, 6.07) is 7.08. The van der Waals surface area contributed by atoms with Gasteiger partial charge in [-0.3, -0.25) is 4.79 Å². The summed E-state index contributed by atoms with van der Waals surface area (Å²) < 4.78 is 27.4. The SMILES string of the molecule is O=c1cc(-c2ccc(O)c(O)c2)oc2cc(O[C@H]3O[C@H](CO[C@@H]4OC[C@@H](O)[C@@H](O)[C@H]4O)[C@@H](O)[C@H](O)[C@H]3O)cc(O)c12. The van der Waals surface area contributed by atoms with Crippen LogP contribution in [0.5, 0.6) is 23.0 Å². The third-order valence-corrected chi connectivity index (χ3v) is 6.84. The summed E-state index contributed by atoms with van der Waals surface area (Å²) in [7, 11) is 0. The Morgan fingerprint density at radius 3 is 2.24 bits per heavy atom. The first-order valence-electron chi connectivity index (χ1n) is 12.4. The molecule has 5 rings (SSSR count). The monoisotopic (exact) mass is 580 g/mol. The largest absolute Gasteiger partial charge is 0.507 e. The molecule has 0 bridgehead atoms. The Labute approximate surface area is 230 Å². The van der Waals surface area contributed by atoms with Crippen molar-refractivity contribution in [3.05, 3.63) is 46.6 Å². The van der Waals surface area contributed by atoms with Gasteiger partial charge in [0.2, 0.25) is 6.29 Å². The molecule has 0 unspecified atom stereocenters. The van der Waals surface area contributed by atoms with Crippen molar-refractivity contribution in [3.63, 3.8) is 0 Å². The predicted molar refractivity (Wildman–Crippen MR) is 134 cm³/mol. The number of ether oxygens (including phenoxy) is 4. The van der Waals surface area contributed by atoms with Crippen LogP contribution in [0, 0.1) is 0 Å². The number of aliphatic hydroxyl groups excluding tert-OH is 6. The van der Waals surface area contributed by atoms with Crippen LogP contribution in [0.25, 0.3) is 22.3 Å². The maximum absolute atomic E-state index is 12.7. The van der Waals surface area contributed by atoms with E-state index in [4.69, 9.17) is 23.4 Å². The molecule has 9 N–H and O–H groups in total. The van der Waals surface area contributed by atoms with Crippen molar-refractivity contribution in [2.75, 3.05) is 13.2 Å². The molecule has 0 radical (unpaired) electrons.